The quantitative estimate of drug-likeness (QED) is 0.489. The van der Waals surface area contributed by atoms with Crippen LogP contribution in [0.5, 0.6) is 0 Å². The van der Waals surface area contributed by atoms with Crippen LogP contribution in [0.3, 0.4) is 0 Å². The average Bonchev–Trinajstić information content (AvgIpc) is 2.20. The van der Waals surface area contributed by atoms with Crippen LogP contribution in [0.25, 0.3) is 0 Å². The highest BCUT2D eigenvalue weighted by molar-refractivity contribution is 7.80. The molecule has 1 heterocycles. The number of nitrogens with two attached hydrogens (primary N) is 1. The number of β-amino-alcohol motifs (C(OH)–C–C–N with tert-alkyl or cyclic N) is 1. The van der Waals surface area contributed by atoms with Gasteiger partial charge in [0.25, 0.3) is 0 Å². The van der Waals surface area contributed by atoms with Gasteiger partial charge in [-0.3, -0.25) is 9.80 Å². The zero-order valence-electron chi connectivity index (χ0n) is 8.80. The van der Waals surface area contributed by atoms with Gasteiger partial charge in [-0.15, -0.1) is 0 Å². The van der Waals surface area contributed by atoms with Gasteiger partial charge in [-0.05, 0) is 0 Å². The van der Waals surface area contributed by atoms with E-state index in [0.29, 0.717) is 18.1 Å². The average molecular weight is 233 g/mol. The molecule has 1 unspecified atom stereocenters. The Morgan fingerprint density at radius 2 is 1.80 bits per heavy atom. The lowest BCUT2D eigenvalue weighted by Gasteiger charge is -2.35. The first kappa shape index (κ1) is 12.8. The minimum Gasteiger partial charge on any atom is -0.394 e. The molecule has 15 heavy (non-hydrogen) atoms. The third-order valence-corrected chi connectivity index (χ3v) is 2.65. The largest absolute Gasteiger partial charge is 0.394 e. The van der Waals surface area contributed by atoms with Crippen molar-refractivity contribution >= 4 is 17.2 Å². The highest BCUT2D eigenvalue weighted by Gasteiger charge is 2.18. The molecule has 0 aromatic heterocycles. The summed E-state index contributed by atoms with van der Waals surface area (Å²) < 4.78 is 0. The molecule has 4 N–H and O–H groups in total. The summed E-state index contributed by atoms with van der Waals surface area (Å²) in [6, 6.07) is 0. The van der Waals surface area contributed by atoms with Crippen molar-refractivity contribution in [3.8, 4) is 0 Å². The molecule has 1 atom stereocenters. The normalized spacial score (nSPS) is 21.5. The van der Waals surface area contributed by atoms with Gasteiger partial charge in [0.1, 0.15) is 0 Å². The van der Waals surface area contributed by atoms with E-state index in [9.17, 15) is 5.11 Å². The number of piperazine rings is 1. The number of thiocarbonyl (C=S) groups is 1. The van der Waals surface area contributed by atoms with Gasteiger partial charge in [0.05, 0.1) is 17.7 Å². The fraction of sp³-hybridized carbons (Fsp3) is 0.889. The zero-order valence-corrected chi connectivity index (χ0v) is 9.62. The summed E-state index contributed by atoms with van der Waals surface area (Å²) in [5.74, 6) is 0. The van der Waals surface area contributed by atoms with Gasteiger partial charge < -0.3 is 15.9 Å². The molecule has 1 saturated heterocycles. The highest BCUT2D eigenvalue weighted by atomic mass is 32.1. The Morgan fingerprint density at radius 1 is 1.27 bits per heavy atom. The van der Waals surface area contributed by atoms with Crippen LogP contribution in [0.4, 0.5) is 0 Å². The summed E-state index contributed by atoms with van der Waals surface area (Å²) in [5.41, 5.74) is 5.46. The maximum Gasteiger partial charge on any atom is 0.0897 e. The van der Waals surface area contributed by atoms with Gasteiger partial charge in [0, 0.05) is 39.3 Å². The molecule has 6 heteroatoms. The van der Waals surface area contributed by atoms with Crippen molar-refractivity contribution in [2.24, 2.45) is 5.73 Å². The summed E-state index contributed by atoms with van der Waals surface area (Å²) in [6.07, 6.45) is -0.632. The predicted molar refractivity (Wildman–Crippen MR) is 62.8 cm³/mol. The molecule has 0 aromatic carbocycles. The molecule has 1 aliphatic rings. The van der Waals surface area contributed by atoms with Crippen LogP contribution in [0.2, 0.25) is 0 Å². The molecule has 0 aliphatic carbocycles. The number of hydrogen-bond acceptors (Lipinski definition) is 5. The Morgan fingerprint density at radius 3 is 2.27 bits per heavy atom. The molecule has 1 aliphatic heterocycles. The molecule has 1 fully saturated rings. The third-order valence-electron chi connectivity index (χ3n) is 2.52. The monoisotopic (exact) mass is 233 g/mol. The lowest BCUT2D eigenvalue weighted by Crippen LogP contribution is -2.50. The number of nitrogens with zero attached hydrogens (tertiary/aromatic N) is 2. The molecule has 0 saturated carbocycles. The number of aliphatic hydroxyl groups is 2. The first-order chi connectivity index (χ1) is 7.11. The van der Waals surface area contributed by atoms with Gasteiger partial charge in [0.15, 0.2) is 0 Å². The minimum atomic E-state index is -0.632. The molecule has 0 aromatic rings. The van der Waals surface area contributed by atoms with Gasteiger partial charge >= 0.3 is 0 Å². The van der Waals surface area contributed by atoms with Crippen molar-refractivity contribution in [2.75, 3.05) is 45.9 Å². The Labute approximate surface area is 95.5 Å². The lowest BCUT2D eigenvalue weighted by atomic mass is 10.2. The van der Waals surface area contributed by atoms with Crippen LogP contribution in [0.1, 0.15) is 0 Å². The van der Waals surface area contributed by atoms with Crippen LogP contribution in [-0.4, -0.2) is 77.0 Å². The second-order valence-electron chi connectivity index (χ2n) is 3.88. The molecule has 88 valence electrons. The minimum absolute atomic E-state index is 0.174. The summed E-state index contributed by atoms with van der Waals surface area (Å²) >= 11 is 4.84. The van der Waals surface area contributed by atoms with Crippen molar-refractivity contribution in [1.29, 1.82) is 0 Å². The van der Waals surface area contributed by atoms with E-state index in [2.05, 4.69) is 9.80 Å². The fourth-order valence-electron chi connectivity index (χ4n) is 1.71. The second kappa shape index (κ2) is 6.34. The van der Waals surface area contributed by atoms with Crippen molar-refractivity contribution < 1.29 is 10.2 Å². The Hall–Kier alpha value is -0.270. The topological polar surface area (TPSA) is 73.0 Å². The van der Waals surface area contributed by atoms with Gasteiger partial charge in [-0.25, -0.2) is 0 Å². The smallest absolute Gasteiger partial charge is 0.0897 e. The van der Waals surface area contributed by atoms with Crippen molar-refractivity contribution in [3.05, 3.63) is 0 Å². The summed E-state index contributed by atoms with van der Waals surface area (Å²) in [7, 11) is 0. The molecule has 0 radical (unpaired) electrons. The first-order valence-corrected chi connectivity index (χ1v) is 5.54. The standard InChI is InChI=1S/C9H19N3O2S/c10-9(15)6-12-3-1-11(2-4-12)5-8(14)7-13/h8,13-14H,1-7H2,(H2,10,15). The molecule has 0 amide bonds. The van der Waals surface area contributed by atoms with Crippen LogP contribution < -0.4 is 5.73 Å². The molecular formula is C9H19N3O2S. The van der Waals surface area contributed by atoms with Crippen molar-refractivity contribution in [2.45, 2.75) is 6.10 Å². The zero-order chi connectivity index (χ0) is 11.3. The predicted octanol–water partition coefficient (Wildman–Crippen LogP) is -1.76. The maximum atomic E-state index is 9.28. The number of aliphatic hydroxyl groups excluding tert-OH is 2. The SMILES string of the molecule is NC(=S)CN1CCN(CC(O)CO)CC1. The van der Waals surface area contributed by atoms with E-state index in [1.165, 1.54) is 0 Å². The Bertz CT molecular complexity index is 208. The molecular weight excluding hydrogens is 214 g/mol. The molecule has 0 bridgehead atoms. The molecule has 1 rings (SSSR count). The van der Waals surface area contributed by atoms with Crippen molar-refractivity contribution in [3.63, 3.8) is 0 Å². The van der Waals surface area contributed by atoms with E-state index >= 15 is 0 Å². The van der Waals surface area contributed by atoms with E-state index in [-0.39, 0.29) is 6.61 Å². The van der Waals surface area contributed by atoms with E-state index < -0.39 is 6.10 Å². The van der Waals surface area contributed by atoms with Gasteiger partial charge in [0.2, 0.25) is 0 Å². The van der Waals surface area contributed by atoms with Crippen LogP contribution in [0, 0.1) is 0 Å². The third kappa shape index (κ3) is 4.85. The van der Waals surface area contributed by atoms with E-state index in [1.807, 2.05) is 0 Å². The van der Waals surface area contributed by atoms with Gasteiger partial charge in [-0.2, -0.15) is 0 Å². The lowest BCUT2D eigenvalue weighted by molar-refractivity contribution is 0.0420. The first-order valence-electron chi connectivity index (χ1n) is 5.13. The van der Waals surface area contributed by atoms with Crippen LogP contribution >= 0.6 is 12.2 Å². The second-order valence-corrected chi connectivity index (χ2v) is 4.40. The Balaban J connectivity index is 2.20. The Kier molecular flexibility index (Phi) is 5.41. The number of hydrogen-bond donors (Lipinski definition) is 3. The molecule has 0 spiro atoms. The maximum absolute atomic E-state index is 9.28. The highest BCUT2D eigenvalue weighted by Crippen LogP contribution is 2.02. The van der Waals surface area contributed by atoms with E-state index in [4.69, 9.17) is 23.1 Å². The fourth-order valence-corrected chi connectivity index (χ4v) is 1.89. The van der Waals surface area contributed by atoms with Crippen LogP contribution in [0.15, 0.2) is 0 Å². The molecule has 5 nitrogen and oxygen atoms in total. The summed E-state index contributed by atoms with van der Waals surface area (Å²) in [5, 5.41) is 18.0. The van der Waals surface area contributed by atoms with Gasteiger partial charge in [-0.1, -0.05) is 12.2 Å². The van der Waals surface area contributed by atoms with Crippen LogP contribution in [-0.2, 0) is 0 Å². The van der Waals surface area contributed by atoms with Crippen molar-refractivity contribution in [1.82, 2.24) is 9.80 Å². The van der Waals surface area contributed by atoms with E-state index in [1.54, 1.807) is 0 Å². The summed E-state index contributed by atoms with van der Waals surface area (Å²) in [6.45, 7) is 4.64. The number of rotatable bonds is 5. The summed E-state index contributed by atoms with van der Waals surface area (Å²) in [4.78, 5) is 4.86. The van der Waals surface area contributed by atoms with E-state index in [0.717, 1.165) is 26.2 Å².